The van der Waals surface area contributed by atoms with E-state index in [0.29, 0.717) is 67.3 Å². The maximum atomic E-state index is 16.3. The van der Waals surface area contributed by atoms with Gasteiger partial charge in [-0.3, -0.25) is 9.59 Å². The number of nitrogens with zero attached hydrogens (tertiary/aromatic N) is 2. The molecule has 4 N–H and O–H groups in total. The number of nitrogens with one attached hydrogen (secondary N) is 4. The maximum Gasteiger partial charge on any atom is 0.220 e. The molecule has 0 radical (unpaired) electrons. The first-order valence-electron chi connectivity index (χ1n) is 16.1. The van der Waals surface area contributed by atoms with E-state index >= 15 is 8.78 Å². The Morgan fingerprint density at radius 1 is 0.755 bits per heavy atom. The Balaban J connectivity index is 1.23. The lowest BCUT2D eigenvalue weighted by Crippen LogP contribution is -2.35. The average Bonchev–Trinajstić information content (AvgIpc) is 3.72. The van der Waals surface area contributed by atoms with Crippen molar-refractivity contribution in [3.8, 4) is 45.4 Å². The molecule has 2 aliphatic heterocycles. The van der Waals surface area contributed by atoms with Gasteiger partial charge in [0.05, 0.1) is 36.2 Å². The maximum absolute atomic E-state index is 16.3. The van der Waals surface area contributed by atoms with E-state index in [1.54, 1.807) is 30.3 Å². The second-order valence-electron chi connectivity index (χ2n) is 12.0. The van der Waals surface area contributed by atoms with Crippen molar-refractivity contribution >= 4 is 23.4 Å². The Hall–Kier alpha value is -4.65. The van der Waals surface area contributed by atoms with Crippen LogP contribution in [0.2, 0.25) is 5.02 Å². The number of hydrogen-bond donors (Lipinski definition) is 4. The van der Waals surface area contributed by atoms with Crippen LogP contribution in [0, 0.1) is 11.6 Å². The van der Waals surface area contributed by atoms with Crippen LogP contribution in [0.4, 0.5) is 8.78 Å². The van der Waals surface area contributed by atoms with Gasteiger partial charge in [-0.05, 0) is 37.1 Å². The van der Waals surface area contributed by atoms with Gasteiger partial charge in [0.2, 0.25) is 23.6 Å². The van der Waals surface area contributed by atoms with Crippen LogP contribution in [0.15, 0.2) is 54.6 Å². The number of aromatic nitrogens is 2. The highest BCUT2D eigenvalue weighted by atomic mass is 35.5. The van der Waals surface area contributed by atoms with Gasteiger partial charge in [0.1, 0.15) is 11.6 Å². The normalized spacial score (nSPS) is 17.2. The van der Waals surface area contributed by atoms with Crippen molar-refractivity contribution in [3.63, 3.8) is 0 Å². The summed E-state index contributed by atoms with van der Waals surface area (Å²) in [6.45, 7) is 2.08. The molecule has 0 bridgehead atoms. The van der Waals surface area contributed by atoms with Gasteiger partial charge in [-0.25, -0.2) is 18.7 Å². The SMILES string of the molecule is COc1nc(-c2cccc(-c3ccc(F)c(-c4ccc(CNC[C@@H]5CCC(=O)N5)c(OC)n4)c3F)c2Cl)ccc1CNC[C@@H]1CCC(=O)N1. The molecule has 2 aromatic heterocycles. The van der Waals surface area contributed by atoms with E-state index in [2.05, 4.69) is 31.2 Å². The number of hydrogen-bond acceptors (Lipinski definition) is 8. The van der Waals surface area contributed by atoms with Crippen molar-refractivity contribution in [1.82, 2.24) is 31.2 Å². The molecular weight excluding hydrogens is 654 g/mol. The van der Waals surface area contributed by atoms with E-state index in [0.717, 1.165) is 18.4 Å². The minimum atomic E-state index is -0.818. The highest BCUT2D eigenvalue weighted by molar-refractivity contribution is 6.36. The number of halogens is 3. The summed E-state index contributed by atoms with van der Waals surface area (Å²) in [5.74, 6) is -0.860. The first-order valence-corrected chi connectivity index (χ1v) is 16.5. The van der Waals surface area contributed by atoms with Gasteiger partial charge in [0, 0.05) is 78.9 Å². The molecule has 2 atom stereocenters. The van der Waals surface area contributed by atoms with Gasteiger partial charge in [-0.15, -0.1) is 0 Å². The molecule has 0 spiro atoms. The highest BCUT2D eigenvalue weighted by Crippen LogP contribution is 2.40. The predicted octanol–water partition coefficient (Wildman–Crippen LogP) is 5.16. The van der Waals surface area contributed by atoms with Crippen LogP contribution in [0.25, 0.3) is 33.6 Å². The summed E-state index contributed by atoms with van der Waals surface area (Å²) in [5, 5.41) is 12.7. The zero-order valence-corrected chi connectivity index (χ0v) is 27.9. The molecule has 4 aromatic rings. The minimum absolute atomic E-state index is 0.0401. The van der Waals surface area contributed by atoms with Crippen LogP contribution in [-0.4, -0.2) is 61.2 Å². The van der Waals surface area contributed by atoms with Crippen LogP contribution in [-0.2, 0) is 22.7 Å². The number of ether oxygens (including phenoxy) is 2. The Labute approximate surface area is 288 Å². The molecule has 0 aliphatic carbocycles. The topological polar surface area (TPSA) is 126 Å². The zero-order valence-electron chi connectivity index (χ0n) is 27.2. The van der Waals surface area contributed by atoms with E-state index < -0.39 is 11.6 Å². The number of benzene rings is 2. The second kappa shape index (κ2) is 15.3. The Morgan fingerprint density at radius 3 is 1.86 bits per heavy atom. The third kappa shape index (κ3) is 7.66. The minimum Gasteiger partial charge on any atom is -0.481 e. The second-order valence-corrected chi connectivity index (χ2v) is 12.4. The summed E-state index contributed by atoms with van der Waals surface area (Å²) in [4.78, 5) is 32.1. The van der Waals surface area contributed by atoms with Gasteiger partial charge in [0.15, 0.2) is 0 Å². The summed E-state index contributed by atoms with van der Waals surface area (Å²) in [7, 11) is 2.98. The molecule has 6 rings (SSSR count). The Kier molecular flexibility index (Phi) is 10.7. The van der Waals surface area contributed by atoms with Crippen LogP contribution in [0.5, 0.6) is 11.8 Å². The van der Waals surface area contributed by atoms with Gasteiger partial charge in [-0.1, -0.05) is 41.9 Å². The summed E-state index contributed by atoms with van der Waals surface area (Å²) < 4.78 is 42.6. The molecule has 2 fully saturated rings. The molecule has 49 heavy (non-hydrogen) atoms. The quantitative estimate of drug-likeness (QED) is 0.152. The first kappa shape index (κ1) is 34.2. The summed E-state index contributed by atoms with van der Waals surface area (Å²) in [6.07, 6.45) is 2.61. The van der Waals surface area contributed by atoms with E-state index in [-0.39, 0.29) is 51.6 Å². The zero-order chi connectivity index (χ0) is 34.5. The fourth-order valence-corrected chi connectivity index (χ4v) is 6.53. The molecule has 2 amide bonds. The molecule has 256 valence electrons. The molecule has 4 heterocycles. The lowest BCUT2D eigenvalue weighted by Gasteiger charge is -2.16. The predicted molar refractivity (Wildman–Crippen MR) is 182 cm³/mol. The number of rotatable bonds is 13. The van der Waals surface area contributed by atoms with Crippen molar-refractivity contribution in [2.24, 2.45) is 0 Å². The van der Waals surface area contributed by atoms with Crippen molar-refractivity contribution in [2.75, 3.05) is 27.3 Å². The summed E-state index contributed by atoms with van der Waals surface area (Å²) in [6, 6.07) is 14.8. The fraction of sp³-hybridized carbons (Fsp3) is 0.333. The Bertz CT molecular complexity index is 1880. The van der Waals surface area contributed by atoms with Gasteiger partial charge in [-0.2, -0.15) is 0 Å². The summed E-state index contributed by atoms with van der Waals surface area (Å²) >= 11 is 6.91. The smallest absolute Gasteiger partial charge is 0.220 e. The van der Waals surface area contributed by atoms with Gasteiger partial charge < -0.3 is 30.7 Å². The number of methoxy groups -OCH3 is 2. The number of carbonyl (C=O) groups is 2. The van der Waals surface area contributed by atoms with E-state index in [1.807, 2.05) is 12.1 Å². The van der Waals surface area contributed by atoms with Crippen LogP contribution < -0.4 is 30.7 Å². The van der Waals surface area contributed by atoms with Crippen LogP contribution in [0.3, 0.4) is 0 Å². The molecule has 2 aromatic carbocycles. The molecular formula is C36H37ClF2N6O4. The number of pyridine rings is 2. The van der Waals surface area contributed by atoms with Crippen molar-refractivity contribution in [3.05, 3.63) is 82.4 Å². The lowest BCUT2D eigenvalue weighted by molar-refractivity contribution is -0.120. The van der Waals surface area contributed by atoms with E-state index in [9.17, 15) is 9.59 Å². The van der Waals surface area contributed by atoms with Gasteiger partial charge >= 0.3 is 0 Å². The third-order valence-corrected chi connectivity index (χ3v) is 9.17. The van der Waals surface area contributed by atoms with E-state index in [1.165, 1.54) is 26.4 Å². The highest BCUT2D eigenvalue weighted by Gasteiger charge is 2.24. The van der Waals surface area contributed by atoms with Crippen LogP contribution in [0.1, 0.15) is 36.8 Å². The largest absolute Gasteiger partial charge is 0.481 e. The van der Waals surface area contributed by atoms with Crippen molar-refractivity contribution in [2.45, 2.75) is 50.9 Å². The number of carbonyl (C=O) groups excluding carboxylic acids is 2. The lowest BCUT2D eigenvalue weighted by atomic mass is 9.97. The third-order valence-electron chi connectivity index (χ3n) is 8.76. The molecule has 10 nitrogen and oxygen atoms in total. The fourth-order valence-electron chi connectivity index (χ4n) is 6.21. The van der Waals surface area contributed by atoms with Gasteiger partial charge in [0.25, 0.3) is 0 Å². The molecule has 0 saturated carbocycles. The van der Waals surface area contributed by atoms with Crippen LogP contribution >= 0.6 is 11.6 Å². The molecule has 0 unspecified atom stereocenters. The number of amides is 2. The first-order chi connectivity index (χ1) is 23.7. The standard InChI is InChI=1S/C36H37ClF2N6O4/c1-48-35-20(16-40-18-22-8-14-30(46)42-22)6-12-28(44-35)26-5-3-4-24(33(26)37)25-10-11-27(38)32(34(25)39)29-13-7-21(36(45-29)49-2)17-41-19-23-9-15-31(47)43-23/h3-7,10-13,22-23,40-41H,8-9,14-19H2,1-2H3,(H,42,46)(H,43,47)/t22-,23-/m0/s1. The monoisotopic (exact) mass is 690 g/mol. The Morgan fingerprint density at radius 2 is 1.31 bits per heavy atom. The average molecular weight is 691 g/mol. The molecule has 2 saturated heterocycles. The summed E-state index contributed by atoms with van der Waals surface area (Å²) in [5.41, 5.74) is 2.81. The van der Waals surface area contributed by atoms with Crippen molar-refractivity contribution < 1.29 is 27.8 Å². The van der Waals surface area contributed by atoms with Crippen molar-refractivity contribution in [1.29, 1.82) is 0 Å². The van der Waals surface area contributed by atoms with E-state index in [4.69, 9.17) is 21.1 Å². The molecule has 13 heteroatoms. The molecule has 2 aliphatic rings.